The molecule has 4 atom stereocenters. The zero-order valence-electron chi connectivity index (χ0n) is 18.7. The lowest BCUT2D eigenvalue weighted by Crippen LogP contribution is -2.51. The first-order chi connectivity index (χ1) is 16.3. The smallest absolute Gasteiger partial charge is 0.250 e. The van der Waals surface area contributed by atoms with Crippen molar-refractivity contribution in [2.75, 3.05) is 39.8 Å². The third-order valence-corrected chi connectivity index (χ3v) is 9.30. The summed E-state index contributed by atoms with van der Waals surface area (Å²) in [6, 6.07) is 7.78. The number of likely N-dealkylation sites (N-methyl/N-ethyl adjacent to an activating group) is 1. The minimum atomic E-state index is -4.38. The van der Waals surface area contributed by atoms with Gasteiger partial charge >= 0.3 is 0 Å². The number of carbonyl (C=O) groups excluding carboxylic acids is 1. The first kappa shape index (κ1) is 23.2. The van der Waals surface area contributed by atoms with Crippen LogP contribution >= 0.6 is 0 Å². The summed E-state index contributed by atoms with van der Waals surface area (Å²) in [6.07, 6.45) is 0. The summed E-state index contributed by atoms with van der Waals surface area (Å²) < 4.78 is 44.9. The first-order valence-electron chi connectivity index (χ1n) is 11.3. The fourth-order valence-corrected chi connectivity index (χ4v) is 7.53. The molecule has 182 valence electrons. The van der Waals surface area contributed by atoms with Crippen LogP contribution in [0.4, 0.5) is 4.39 Å². The Morgan fingerprint density at radius 3 is 2.47 bits per heavy atom. The van der Waals surface area contributed by atoms with Gasteiger partial charge in [0.15, 0.2) is 0 Å². The van der Waals surface area contributed by atoms with E-state index in [-0.39, 0.29) is 18.0 Å². The number of rotatable bonds is 4. The van der Waals surface area contributed by atoms with E-state index in [0.717, 1.165) is 6.07 Å². The maximum Gasteiger partial charge on any atom is 0.250 e. The summed E-state index contributed by atoms with van der Waals surface area (Å²) in [5.41, 5.74) is 0.0758. The molecular weight excluding hydrogens is 463 g/mol. The molecule has 2 saturated heterocycles. The monoisotopic (exact) mass is 490 g/mol. The molecule has 1 aromatic carbocycles. The van der Waals surface area contributed by atoms with Gasteiger partial charge in [-0.3, -0.25) is 9.59 Å². The number of pyridine rings is 1. The second kappa shape index (κ2) is 8.56. The molecule has 2 aromatic rings. The highest BCUT2D eigenvalue weighted by atomic mass is 32.2. The molecule has 0 radical (unpaired) electrons. The number of carbonyl (C=O) groups is 1. The Hall–Kier alpha value is -2.60. The molecule has 1 aromatic heterocycles. The number of hydrogen-bond donors (Lipinski definition) is 1. The van der Waals surface area contributed by atoms with E-state index in [0.29, 0.717) is 31.9 Å². The van der Waals surface area contributed by atoms with Crippen LogP contribution < -0.4 is 5.56 Å². The number of aliphatic hydroxyl groups is 1. The molecule has 11 heteroatoms. The molecule has 0 aliphatic carbocycles. The molecule has 2 fully saturated rings. The zero-order valence-corrected chi connectivity index (χ0v) is 19.6. The quantitative estimate of drug-likeness (QED) is 0.653. The Morgan fingerprint density at radius 2 is 1.79 bits per heavy atom. The van der Waals surface area contributed by atoms with E-state index in [9.17, 15) is 27.5 Å². The molecular formula is C23H27FN4O5S. The van der Waals surface area contributed by atoms with Crippen molar-refractivity contribution in [3.63, 3.8) is 0 Å². The maximum atomic E-state index is 14.6. The van der Waals surface area contributed by atoms with Gasteiger partial charge in [-0.15, -0.1) is 0 Å². The van der Waals surface area contributed by atoms with Crippen LogP contribution in [0, 0.1) is 17.7 Å². The Bertz CT molecular complexity index is 1270. The fraction of sp³-hybridized carbons (Fsp3) is 0.478. The van der Waals surface area contributed by atoms with E-state index in [1.807, 2.05) is 7.05 Å². The number of fused-ring (bicyclic) bond motifs is 4. The van der Waals surface area contributed by atoms with E-state index in [1.165, 1.54) is 39.2 Å². The van der Waals surface area contributed by atoms with Crippen LogP contribution in [-0.2, 0) is 21.4 Å². The van der Waals surface area contributed by atoms with Crippen molar-refractivity contribution in [2.24, 2.45) is 11.8 Å². The van der Waals surface area contributed by atoms with Crippen molar-refractivity contribution in [1.82, 2.24) is 18.7 Å². The number of benzene rings is 1. The summed E-state index contributed by atoms with van der Waals surface area (Å²) in [5.74, 6) is -2.77. The number of piperazine rings is 1. The van der Waals surface area contributed by atoms with Crippen LogP contribution in [0.25, 0.3) is 0 Å². The van der Waals surface area contributed by atoms with Gasteiger partial charge in [0, 0.05) is 63.1 Å². The summed E-state index contributed by atoms with van der Waals surface area (Å²) in [6.45, 7) is 1.90. The van der Waals surface area contributed by atoms with Crippen LogP contribution in [0.1, 0.15) is 11.7 Å². The molecule has 34 heavy (non-hydrogen) atoms. The van der Waals surface area contributed by atoms with E-state index in [2.05, 4.69) is 4.90 Å². The number of aromatic nitrogens is 1. The molecule has 1 amide bonds. The Morgan fingerprint density at radius 1 is 1.09 bits per heavy atom. The van der Waals surface area contributed by atoms with Crippen LogP contribution in [0.5, 0.6) is 0 Å². The predicted molar refractivity (Wildman–Crippen MR) is 121 cm³/mol. The Balaban J connectivity index is 1.66. The van der Waals surface area contributed by atoms with E-state index in [4.69, 9.17) is 0 Å². The lowest BCUT2D eigenvalue weighted by Gasteiger charge is -2.38. The van der Waals surface area contributed by atoms with Gasteiger partial charge in [-0.25, -0.2) is 12.8 Å². The molecule has 9 nitrogen and oxygen atoms in total. The summed E-state index contributed by atoms with van der Waals surface area (Å²) in [4.78, 5) is 29.8. The SMILES string of the molecule is CN1CCN(C(=O)[C@H]2[C@H](CO)[C@H]3Cn4c(cccc4=O)[C@@H]2N3S(=O)(=O)c2ccccc2F)CC1. The van der Waals surface area contributed by atoms with Crippen LogP contribution in [0.15, 0.2) is 52.2 Å². The normalized spacial score (nSPS) is 27.6. The van der Waals surface area contributed by atoms with Gasteiger partial charge in [-0.2, -0.15) is 4.31 Å². The van der Waals surface area contributed by atoms with E-state index >= 15 is 0 Å². The second-order valence-corrected chi connectivity index (χ2v) is 11.0. The summed E-state index contributed by atoms with van der Waals surface area (Å²) in [5, 5.41) is 10.4. The molecule has 3 aliphatic heterocycles. The standard InChI is InChI=1S/C23H27FN4O5S/c1-25-9-11-26(12-10-25)23(31)21-15(14-29)18-13-27-17(6-4-8-20(27)30)22(21)28(18)34(32,33)19-7-3-2-5-16(19)24/h2-8,15,18,21-22,29H,9-14H2,1H3/t15-,18-,21+,22+/m1/s1. The van der Waals surface area contributed by atoms with Gasteiger partial charge in [-0.05, 0) is 25.2 Å². The predicted octanol–water partition coefficient (Wildman–Crippen LogP) is 0.114. The third kappa shape index (κ3) is 3.49. The third-order valence-electron chi connectivity index (χ3n) is 7.36. The molecule has 3 aliphatic rings. The average Bonchev–Trinajstić information content (AvgIpc) is 3.07. The molecule has 0 saturated carbocycles. The fourth-order valence-electron chi connectivity index (χ4n) is 5.62. The Labute approximate surface area is 197 Å². The first-order valence-corrected chi connectivity index (χ1v) is 12.8. The molecule has 5 rings (SSSR count). The Kier molecular flexibility index (Phi) is 5.83. The van der Waals surface area contributed by atoms with Gasteiger partial charge in [0.05, 0.1) is 12.0 Å². The van der Waals surface area contributed by atoms with Crippen molar-refractivity contribution in [3.8, 4) is 0 Å². The number of sulfonamides is 1. The highest BCUT2D eigenvalue weighted by Crippen LogP contribution is 2.51. The van der Waals surface area contributed by atoms with Gasteiger partial charge in [-0.1, -0.05) is 18.2 Å². The van der Waals surface area contributed by atoms with Gasteiger partial charge in [0.1, 0.15) is 10.7 Å². The molecule has 4 heterocycles. The number of amides is 1. The zero-order chi connectivity index (χ0) is 24.2. The number of nitrogens with zero attached hydrogens (tertiary/aromatic N) is 4. The van der Waals surface area contributed by atoms with Crippen molar-refractivity contribution < 1.29 is 22.7 Å². The van der Waals surface area contributed by atoms with Crippen LogP contribution in [-0.4, -0.2) is 84.0 Å². The molecule has 1 N–H and O–H groups in total. The topological polar surface area (TPSA) is 103 Å². The lowest BCUT2D eigenvalue weighted by atomic mass is 9.86. The van der Waals surface area contributed by atoms with E-state index < -0.39 is 51.3 Å². The van der Waals surface area contributed by atoms with Crippen molar-refractivity contribution in [2.45, 2.75) is 23.5 Å². The summed E-state index contributed by atoms with van der Waals surface area (Å²) >= 11 is 0. The van der Waals surface area contributed by atoms with E-state index in [1.54, 1.807) is 11.0 Å². The minimum absolute atomic E-state index is 0.0169. The van der Waals surface area contributed by atoms with Crippen molar-refractivity contribution in [3.05, 3.63) is 64.3 Å². The highest BCUT2D eigenvalue weighted by Gasteiger charge is 2.60. The van der Waals surface area contributed by atoms with Gasteiger partial charge in [0.2, 0.25) is 15.9 Å². The maximum absolute atomic E-state index is 14.6. The average molecular weight is 491 g/mol. The largest absolute Gasteiger partial charge is 0.396 e. The molecule has 0 unspecified atom stereocenters. The number of halogens is 1. The molecule has 0 spiro atoms. The second-order valence-electron chi connectivity index (χ2n) is 9.18. The van der Waals surface area contributed by atoms with Gasteiger partial charge < -0.3 is 19.5 Å². The highest BCUT2D eigenvalue weighted by molar-refractivity contribution is 7.89. The molecule has 2 bridgehead atoms. The van der Waals surface area contributed by atoms with Gasteiger partial charge in [0.25, 0.3) is 5.56 Å². The van der Waals surface area contributed by atoms with Crippen LogP contribution in [0.3, 0.4) is 0 Å². The number of hydrogen-bond acceptors (Lipinski definition) is 6. The van der Waals surface area contributed by atoms with Crippen molar-refractivity contribution in [1.29, 1.82) is 0 Å². The number of aliphatic hydroxyl groups excluding tert-OH is 1. The lowest BCUT2D eigenvalue weighted by molar-refractivity contribution is -0.139. The minimum Gasteiger partial charge on any atom is -0.396 e. The summed E-state index contributed by atoms with van der Waals surface area (Å²) in [7, 11) is -2.42. The van der Waals surface area contributed by atoms with Crippen LogP contribution in [0.2, 0.25) is 0 Å². The van der Waals surface area contributed by atoms with Crippen molar-refractivity contribution >= 4 is 15.9 Å².